The number of ether oxygens (including phenoxy) is 1. The number of hydrogen-bond acceptors (Lipinski definition) is 6. The predicted octanol–water partition coefficient (Wildman–Crippen LogP) is 4.06. The molecule has 0 radical (unpaired) electrons. The Hall–Kier alpha value is -2.24. The summed E-state index contributed by atoms with van der Waals surface area (Å²) in [5.74, 6) is 2.56. The Morgan fingerprint density at radius 1 is 1.43 bits per heavy atom. The van der Waals surface area contributed by atoms with Gasteiger partial charge in [-0.3, -0.25) is 5.43 Å². The number of nitrogens with zero attached hydrogens (tertiary/aromatic N) is 3. The molecule has 6 nitrogen and oxygen atoms in total. The molecule has 6 heteroatoms. The summed E-state index contributed by atoms with van der Waals surface area (Å²) in [5.41, 5.74) is 7.01. The lowest BCUT2D eigenvalue weighted by Crippen LogP contribution is -2.46. The summed E-state index contributed by atoms with van der Waals surface area (Å²) < 4.78 is 5.40. The number of fused-ring (bicyclic) bond motifs is 3. The van der Waals surface area contributed by atoms with Crippen molar-refractivity contribution in [2.75, 3.05) is 13.8 Å². The first kappa shape index (κ1) is 19.1. The van der Waals surface area contributed by atoms with Crippen LogP contribution in [0, 0.1) is 17.3 Å². The molecule has 0 saturated heterocycles. The van der Waals surface area contributed by atoms with Gasteiger partial charge in [-0.2, -0.15) is 10.2 Å². The monoisotopic (exact) mass is 384 g/mol. The van der Waals surface area contributed by atoms with Gasteiger partial charge in [0.1, 0.15) is 13.0 Å². The standard InChI is InChI=1S/C22H32N4O2/c1-5-21(25-26-12-23-24-13-26)22(3)9-8-17-16(14(22)2)7-6-15-10-19(27)20(28-4)11-18(15)17/h10-12,14,16-17,24,27H,5-9,13H2,1-4H3/b25-21+. The van der Waals surface area contributed by atoms with Crippen molar-refractivity contribution in [1.29, 1.82) is 0 Å². The molecule has 28 heavy (non-hydrogen) atoms. The highest BCUT2D eigenvalue weighted by molar-refractivity contribution is 5.90. The van der Waals surface area contributed by atoms with E-state index in [1.54, 1.807) is 13.4 Å². The number of rotatable bonds is 4. The highest BCUT2D eigenvalue weighted by Crippen LogP contribution is 2.56. The van der Waals surface area contributed by atoms with Crippen molar-refractivity contribution < 1.29 is 9.84 Å². The molecule has 0 aromatic heterocycles. The van der Waals surface area contributed by atoms with Crippen molar-refractivity contribution in [3.8, 4) is 11.5 Å². The van der Waals surface area contributed by atoms with Crippen molar-refractivity contribution in [3.63, 3.8) is 0 Å². The molecule has 152 valence electrons. The minimum atomic E-state index is 0.102. The van der Waals surface area contributed by atoms with Crippen LogP contribution >= 0.6 is 0 Å². The Morgan fingerprint density at radius 3 is 2.93 bits per heavy atom. The number of phenolic OH excluding ortho intramolecular Hbond substituents is 1. The van der Waals surface area contributed by atoms with Crippen molar-refractivity contribution in [3.05, 3.63) is 23.3 Å². The number of methoxy groups -OCH3 is 1. The van der Waals surface area contributed by atoms with E-state index in [0.29, 0.717) is 30.2 Å². The minimum Gasteiger partial charge on any atom is -0.504 e. The summed E-state index contributed by atoms with van der Waals surface area (Å²) in [4.78, 5) is 0. The molecule has 1 aliphatic heterocycles. The lowest BCUT2D eigenvalue weighted by molar-refractivity contribution is 0.0946. The van der Waals surface area contributed by atoms with Crippen LogP contribution in [0.25, 0.3) is 0 Å². The number of aromatic hydroxyl groups is 1. The van der Waals surface area contributed by atoms with Crippen LogP contribution in [0.3, 0.4) is 0 Å². The van der Waals surface area contributed by atoms with E-state index in [0.717, 1.165) is 25.7 Å². The molecule has 4 rings (SSSR count). The smallest absolute Gasteiger partial charge is 0.160 e. The van der Waals surface area contributed by atoms with E-state index in [-0.39, 0.29) is 11.2 Å². The lowest BCUT2D eigenvalue weighted by atomic mass is 9.53. The lowest BCUT2D eigenvalue weighted by Gasteiger charge is -2.51. The first-order valence-corrected chi connectivity index (χ1v) is 10.5. The SMILES string of the molecule is CC/C(=N\N1C=NNC1)C1(C)CCC2c3cc(OC)c(O)cc3CCC2C1C. The third-order valence-electron chi connectivity index (χ3n) is 7.48. The van der Waals surface area contributed by atoms with E-state index in [2.05, 4.69) is 37.4 Å². The summed E-state index contributed by atoms with van der Waals surface area (Å²) in [6.45, 7) is 7.69. The molecular weight excluding hydrogens is 352 g/mol. The number of phenols is 1. The summed E-state index contributed by atoms with van der Waals surface area (Å²) in [5, 5.41) is 21.1. The van der Waals surface area contributed by atoms with Gasteiger partial charge < -0.3 is 9.84 Å². The Balaban J connectivity index is 1.64. The van der Waals surface area contributed by atoms with Crippen molar-refractivity contribution in [2.24, 2.45) is 27.5 Å². The fraction of sp³-hybridized carbons (Fsp3) is 0.636. The van der Waals surface area contributed by atoms with Crippen LogP contribution in [0.15, 0.2) is 22.3 Å². The topological polar surface area (TPSA) is 69.5 Å². The van der Waals surface area contributed by atoms with Crippen LogP contribution in [0.5, 0.6) is 11.5 Å². The van der Waals surface area contributed by atoms with E-state index in [1.165, 1.54) is 23.3 Å². The highest BCUT2D eigenvalue weighted by atomic mass is 16.5. The maximum absolute atomic E-state index is 10.2. The molecule has 4 unspecified atom stereocenters. The third kappa shape index (κ3) is 3.03. The first-order valence-electron chi connectivity index (χ1n) is 10.5. The van der Waals surface area contributed by atoms with Gasteiger partial charge >= 0.3 is 0 Å². The fourth-order valence-corrected chi connectivity index (χ4v) is 5.70. The Kier molecular flexibility index (Phi) is 4.98. The van der Waals surface area contributed by atoms with Crippen molar-refractivity contribution in [1.82, 2.24) is 10.4 Å². The second-order valence-electron chi connectivity index (χ2n) is 8.68. The van der Waals surface area contributed by atoms with Gasteiger partial charge in [0, 0.05) is 11.1 Å². The molecule has 1 aromatic rings. The molecule has 1 fully saturated rings. The number of hydrazone groups is 2. The maximum Gasteiger partial charge on any atom is 0.160 e. The van der Waals surface area contributed by atoms with E-state index < -0.39 is 0 Å². The Bertz CT molecular complexity index is 806. The largest absolute Gasteiger partial charge is 0.504 e. The quantitative estimate of drug-likeness (QED) is 0.768. The average molecular weight is 385 g/mol. The normalized spacial score (nSPS) is 31.9. The molecular formula is C22H32N4O2. The van der Waals surface area contributed by atoms with Gasteiger partial charge in [0.2, 0.25) is 0 Å². The van der Waals surface area contributed by atoms with Gasteiger partial charge in [0.05, 0.1) is 7.11 Å². The molecule has 2 aliphatic carbocycles. The van der Waals surface area contributed by atoms with E-state index in [1.807, 2.05) is 11.1 Å². The van der Waals surface area contributed by atoms with Crippen LogP contribution in [0.2, 0.25) is 0 Å². The maximum atomic E-state index is 10.2. The van der Waals surface area contributed by atoms with Gasteiger partial charge in [-0.15, -0.1) is 0 Å². The van der Waals surface area contributed by atoms with Crippen LogP contribution < -0.4 is 10.2 Å². The van der Waals surface area contributed by atoms with Crippen molar-refractivity contribution >= 4 is 12.1 Å². The van der Waals surface area contributed by atoms with Crippen molar-refractivity contribution in [2.45, 2.75) is 58.8 Å². The zero-order valence-electron chi connectivity index (χ0n) is 17.4. The second kappa shape index (κ2) is 7.30. The summed E-state index contributed by atoms with van der Waals surface area (Å²) in [6.07, 6.45) is 7.20. The Labute approximate surface area is 167 Å². The number of hydrogen-bond donors (Lipinski definition) is 2. The van der Waals surface area contributed by atoms with Crippen LogP contribution in [0.4, 0.5) is 0 Å². The summed E-state index contributed by atoms with van der Waals surface area (Å²) in [6, 6.07) is 4.00. The van der Waals surface area contributed by atoms with Gasteiger partial charge in [-0.05, 0) is 73.1 Å². The predicted molar refractivity (Wildman–Crippen MR) is 112 cm³/mol. The second-order valence-corrected chi connectivity index (χ2v) is 8.68. The van der Waals surface area contributed by atoms with Crippen LogP contribution in [0.1, 0.15) is 63.5 Å². The zero-order chi connectivity index (χ0) is 19.9. The molecule has 1 aromatic carbocycles. The van der Waals surface area contributed by atoms with Gasteiger partial charge in [0.25, 0.3) is 0 Å². The number of nitrogens with one attached hydrogen (secondary N) is 1. The summed E-state index contributed by atoms with van der Waals surface area (Å²) in [7, 11) is 1.63. The minimum absolute atomic E-state index is 0.102. The molecule has 3 aliphatic rings. The molecule has 0 spiro atoms. The molecule has 1 saturated carbocycles. The van der Waals surface area contributed by atoms with E-state index >= 15 is 0 Å². The molecule has 2 N–H and O–H groups in total. The van der Waals surface area contributed by atoms with E-state index in [4.69, 9.17) is 9.84 Å². The number of aryl methyl sites for hydroxylation is 1. The molecule has 1 heterocycles. The van der Waals surface area contributed by atoms with Gasteiger partial charge in [0.15, 0.2) is 11.5 Å². The highest BCUT2D eigenvalue weighted by Gasteiger charge is 2.48. The first-order chi connectivity index (χ1) is 13.5. The number of benzene rings is 1. The van der Waals surface area contributed by atoms with Crippen LogP contribution in [-0.2, 0) is 6.42 Å². The zero-order valence-corrected chi connectivity index (χ0v) is 17.4. The third-order valence-corrected chi connectivity index (χ3v) is 7.48. The molecule has 0 amide bonds. The van der Waals surface area contributed by atoms with Gasteiger partial charge in [-0.25, -0.2) is 5.01 Å². The van der Waals surface area contributed by atoms with Crippen LogP contribution in [-0.4, -0.2) is 35.9 Å². The molecule has 0 bridgehead atoms. The van der Waals surface area contributed by atoms with Gasteiger partial charge in [-0.1, -0.05) is 20.8 Å². The molecule has 4 atom stereocenters. The fourth-order valence-electron chi connectivity index (χ4n) is 5.70. The summed E-state index contributed by atoms with van der Waals surface area (Å²) >= 11 is 0. The Morgan fingerprint density at radius 2 is 2.25 bits per heavy atom. The average Bonchev–Trinajstić information content (AvgIpc) is 3.21. The van der Waals surface area contributed by atoms with E-state index in [9.17, 15) is 5.11 Å².